The smallest absolute Gasteiger partial charge is 0.403 e. The molecule has 0 saturated carbocycles. The molecule has 0 fully saturated rings. The Morgan fingerprint density at radius 2 is 1.32 bits per heavy atom. The van der Waals surface area contributed by atoms with Crippen LogP contribution >= 0.6 is 11.6 Å². The molecule has 1 heterocycles. The van der Waals surface area contributed by atoms with Crippen molar-refractivity contribution < 1.29 is 16.8 Å². The molecule has 2 aromatic carbocycles. The van der Waals surface area contributed by atoms with Crippen LogP contribution in [0.2, 0.25) is 5.02 Å². The van der Waals surface area contributed by atoms with Crippen LogP contribution in [0.5, 0.6) is 0 Å². The lowest BCUT2D eigenvalue weighted by Crippen LogP contribution is -1.92. The van der Waals surface area contributed by atoms with Crippen LogP contribution in [0, 0.1) is 5.39 Å². The molecule has 0 aromatic heterocycles. The van der Waals surface area contributed by atoms with Crippen molar-refractivity contribution in [2.75, 3.05) is 0 Å². The van der Waals surface area contributed by atoms with E-state index in [1.54, 1.807) is 24.3 Å². The zero-order valence-electron chi connectivity index (χ0n) is 10.8. The van der Waals surface area contributed by atoms with Crippen molar-refractivity contribution in [2.24, 2.45) is 0 Å². The number of nitrogens with zero attached hydrogens (tertiary/aromatic N) is 3. The first-order valence-electron chi connectivity index (χ1n) is 5.71. The van der Waals surface area contributed by atoms with Crippen molar-refractivity contribution in [2.45, 2.75) is 9.79 Å². The quantitative estimate of drug-likeness (QED) is 0.672. The zero-order valence-corrected chi connectivity index (χ0v) is 13.2. The van der Waals surface area contributed by atoms with Gasteiger partial charge < -0.3 is 4.13 Å². The summed E-state index contributed by atoms with van der Waals surface area (Å²) in [6.45, 7) is 0. The Bertz CT molecular complexity index is 915. The van der Waals surface area contributed by atoms with Crippen molar-refractivity contribution >= 4 is 37.3 Å². The Kier molecular flexibility index (Phi) is 4.48. The van der Waals surface area contributed by atoms with E-state index in [9.17, 15) is 16.8 Å². The van der Waals surface area contributed by atoms with Gasteiger partial charge >= 0.3 is 5.69 Å². The highest BCUT2D eigenvalue weighted by atomic mass is 35.5. The van der Waals surface area contributed by atoms with E-state index in [0.717, 1.165) is 0 Å². The minimum absolute atomic E-state index is 0.241. The molecule has 114 valence electrons. The van der Waals surface area contributed by atoms with Gasteiger partial charge in [0.1, 0.15) is 25.1 Å². The monoisotopic (exact) mass is 357 g/mol. The van der Waals surface area contributed by atoms with Crippen molar-refractivity contribution in [1.82, 2.24) is 0 Å². The Morgan fingerprint density at radius 1 is 0.864 bits per heavy atom. The summed E-state index contributed by atoms with van der Waals surface area (Å²) < 4.78 is 47.3. The van der Waals surface area contributed by atoms with E-state index in [1.807, 2.05) is 0 Å². The fraction of sp³-hybridized carbons (Fsp3) is 0. The van der Waals surface area contributed by atoms with Gasteiger partial charge in [-0.05, 0) is 18.2 Å². The van der Waals surface area contributed by atoms with Crippen LogP contribution in [0.4, 0.5) is 5.69 Å². The number of diazo groups is 1. The standard InChI is InChI=1S/C6H4ClN2.C6H4NO4S2/c7-5-3-1-2-4-6(5)9-8;8-12(9)5-3-1-2-4-6(5)13(10,11)7-12/h1-4H;1-4H/q+1;-1. The van der Waals surface area contributed by atoms with Crippen LogP contribution in [-0.2, 0) is 20.0 Å². The highest BCUT2D eigenvalue weighted by Crippen LogP contribution is 2.37. The van der Waals surface area contributed by atoms with Crippen LogP contribution in [0.15, 0.2) is 58.3 Å². The fourth-order valence-corrected chi connectivity index (χ4v) is 5.25. The largest absolute Gasteiger partial charge is 0.428 e. The lowest BCUT2D eigenvalue weighted by atomic mass is 10.3. The first-order chi connectivity index (χ1) is 10.3. The maximum atomic E-state index is 11.1. The number of rotatable bonds is 0. The topological polar surface area (TPSA) is 111 Å². The first-order valence-corrected chi connectivity index (χ1v) is 8.97. The highest BCUT2D eigenvalue weighted by Gasteiger charge is 2.26. The summed E-state index contributed by atoms with van der Waals surface area (Å²) in [7, 11) is -7.95. The maximum absolute atomic E-state index is 11.1. The van der Waals surface area contributed by atoms with Crippen molar-refractivity contribution in [3.05, 3.63) is 62.7 Å². The molecule has 0 bridgehead atoms. The lowest BCUT2D eigenvalue weighted by Gasteiger charge is -2.05. The third-order valence-corrected chi connectivity index (χ3v) is 6.40. The zero-order chi connectivity index (χ0) is 16.4. The summed E-state index contributed by atoms with van der Waals surface area (Å²) in [6.07, 6.45) is 0. The van der Waals surface area contributed by atoms with E-state index in [4.69, 9.17) is 17.0 Å². The number of benzene rings is 2. The van der Waals surface area contributed by atoms with Gasteiger partial charge in [-0.1, -0.05) is 35.9 Å². The molecule has 3 rings (SSSR count). The molecule has 2 aromatic rings. The number of hydrogen-bond acceptors (Lipinski definition) is 5. The lowest BCUT2D eigenvalue weighted by molar-refractivity contribution is 0.603. The third-order valence-electron chi connectivity index (χ3n) is 2.56. The van der Waals surface area contributed by atoms with E-state index in [-0.39, 0.29) is 9.79 Å². The minimum atomic E-state index is -3.98. The molecule has 10 heteroatoms. The molecule has 0 atom stereocenters. The molecule has 0 saturated heterocycles. The van der Waals surface area contributed by atoms with Gasteiger partial charge in [-0.15, -0.1) is 0 Å². The van der Waals surface area contributed by atoms with Gasteiger partial charge in [0.05, 0.1) is 9.79 Å². The van der Waals surface area contributed by atoms with E-state index in [0.29, 0.717) is 10.7 Å². The van der Waals surface area contributed by atoms with Crippen molar-refractivity contribution in [3.63, 3.8) is 0 Å². The van der Waals surface area contributed by atoms with Gasteiger partial charge in [0.15, 0.2) is 4.98 Å². The average Bonchev–Trinajstić information content (AvgIpc) is 2.66. The summed E-state index contributed by atoms with van der Waals surface area (Å²) in [4.78, 5) is 2.46. The summed E-state index contributed by atoms with van der Waals surface area (Å²) in [6, 6.07) is 12.2. The third kappa shape index (κ3) is 3.26. The maximum Gasteiger partial charge on any atom is 0.403 e. The molecule has 0 amide bonds. The van der Waals surface area contributed by atoms with Gasteiger partial charge in [0.2, 0.25) is 5.39 Å². The molecule has 0 unspecified atom stereocenters. The number of halogens is 1. The first kappa shape index (κ1) is 16.4. The predicted octanol–water partition coefficient (Wildman–Crippen LogP) is 3.28. The van der Waals surface area contributed by atoms with Gasteiger partial charge in [-0.25, -0.2) is 16.8 Å². The number of sulfonamides is 2. The van der Waals surface area contributed by atoms with E-state index in [2.05, 4.69) is 9.10 Å². The van der Waals surface area contributed by atoms with Gasteiger partial charge in [-0.3, -0.25) is 0 Å². The summed E-state index contributed by atoms with van der Waals surface area (Å²) in [5.41, 5.74) is 0.402. The van der Waals surface area contributed by atoms with E-state index >= 15 is 0 Å². The Hall–Kier alpha value is -1.99. The normalized spacial score (nSPS) is 16.7. The van der Waals surface area contributed by atoms with Crippen molar-refractivity contribution in [3.8, 4) is 0 Å². The Labute approximate surface area is 132 Å². The molecular weight excluding hydrogens is 350 g/mol. The number of hydrogen-bond donors (Lipinski definition) is 0. The molecule has 7 nitrogen and oxygen atoms in total. The van der Waals surface area contributed by atoms with Gasteiger partial charge in [0.25, 0.3) is 0 Å². The van der Waals surface area contributed by atoms with Crippen LogP contribution in [-0.4, -0.2) is 16.8 Å². The molecule has 0 aliphatic carbocycles. The van der Waals surface area contributed by atoms with E-state index < -0.39 is 20.0 Å². The van der Waals surface area contributed by atoms with Crippen molar-refractivity contribution in [1.29, 1.82) is 5.39 Å². The SMILES string of the molecule is N#[N+]c1ccccc1Cl.O=S1(=O)[N-]S(=O)(=O)c2ccccc21. The summed E-state index contributed by atoms with van der Waals surface area (Å²) in [5.74, 6) is 0. The van der Waals surface area contributed by atoms with Gasteiger partial charge in [0, 0.05) is 6.07 Å². The molecular formula is C12H8ClN3O4S2. The van der Waals surface area contributed by atoms with Crippen LogP contribution in [0.1, 0.15) is 0 Å². The second kappa shape index (κ2) is 6.02. The van der Waals surface area contributed by atoms with Gasteiger partial charge in [-0.2, -0.15) is 0 Å². The molecule has 0 N–H and O–H groups in total. The predicted molar refractivity (Wildman–Crippen MR) is 80.4 cm³/mol. The second-order valence-electron chi connectivity index (χ2n) is 4.02. The Balaban J connectivity index is 0.000000172. The fourth-order valence-electron chi connectivity index (χ4n) is 1.62. The average molecular weight is 358 g/mol. The van der Waals surface area contributed by atoms with Crippen LogP contribution in [0.3, 0.4) is 0 Å². The summed E-state index contributed by atoms with van der Waals surface area (Å²) >= 11 is 5.57. The molecule has 1 aliphatic rings. The van der Waals surface area contributed by atoms with Crippen LogP contribution in [0.25, 0.3) is 9.10 Å². The minimum Gasteiger partial charge on any atom is -0.428 e. The molecule has 0 spiro atoms. The molecule has 0 radical (unpaired) electrons. The molecule has 22 heavy (non-hydrogen) atoms. The number of fused-ring (bicyclic) bond motifs is 1. The second-order valence-corrected chi connectivity index (χ2v) is 7.81. The molecule has 1 aliphatic heterocycles. The Morgan fingerprint density at radius 3 is 1.73 bits per heavy atom. The van der Waals surface area contributed by atoms with Crippen LogP contribution < -0.4 is 0 Å². The van der Waals surface area contributed by atoms with E-state index in [1.165, 1.54) is 24.3 Å². The highest BCUT2D eigenvalue weighted by molar-refractivity contribution is 8.14. The summed E-state index contributed by atoms with van der Waals surface area (Å²) in [5, 5.41) is 8.72.